The molecule has 0 spiro atoms. The molecule has 1 radical (unpaired) electrons. The molecule has 2 aromatic rings. The van der Waals surface area contributed by atoms with Crippen LogP contribution in [0.4, 0.5) is 0 Å². The standard InChI is InChI=1S/C21H31BNO3/c1-19(2,24)20(3,4)26-22-16-6-7-18-15(14-16)10-13-23(18)17-8-11-21(5,25)12-9-17/h6-7,10,13-14,17,24-25H,8-9,11-12H2,1-5H3. The van der Waals surface area contributed by atoms with Crippen LogP contribution in [0.5, 0.6) is 0 Å². The minimum Gasteiger partial charge on any atom is -0.427 e. The number of rotatable bonds is 5. The Morgan fingerprint density at radius 3 is 2.42 bits per heavy atom. The maximum atomic E-state index is 10.2. The number of nitrogens with zero attached hydrogens (tertiary/aromatic N) is 1. The van der Waals surface area contributed by atoms with Crippen molar-refractivity contribution in [2.45, 2.75) is 83.1 Å². The number of fused-ring (bicyclic) bond motifs is 1. The fourth-order valence-electron chi connectivity index (χ4n) is 3.44. The van der Waals surface area contributed by atoms with Crippen LogP contribution in [-0.4, -0.2) is 39.1 Å². The second-order valence-electron chi connectivity index (χ2n) is 9.07. The highest BCUT2D eigenvalue weighted by Crippen LogP contribution is 2.36. The van der Waals surface area contributed by atoms with Gasteiger partial charge in [0, 0.05) is 17.8 Å². The van der Waals surface area contributed by atoms with Gasteiger partial charge >= 0.3 is 7.48 Å². The number of aromatic nitrogens is 1. The van der Waals surface area contributed by atoms with Gasteiger partial charge in [0.25, 0.3) is 0 Å². The molecule has 1 aliphatic carbocycles. The molecule has 0 atom stereocenters. The molecular weight excluding hydrogens is 325 g/mol. The quantitative estimate of drug-likeness (QED) is 0.808. The van der Waals surface area contributed by atoms with Gasteiger partial charge in [0.2, 0.25) is 0 Å². The summed E-state index contributed by atoms with van der Waals surface area (Å²) in [6.07, 6.45) is 5.87. The van der Waals surface area contributed by atoms with Crippen molar-refractivity contribution in [3.05, 3.63) is 30.5 Å². The Bertz CT molecular complexity index is 763. The van der Waals surface area contributed by atoms with E-state index < -0.39 is 16.8 Å². The van der Waals surface area contributed by atoms with E-state index in [2.05, 4.69) is 35.0 Å². The molecule has 2 N–H and O–H groups in total. The minimum absolute atomic E-state index is 0.452. The first kappa shape index (κ1) is 19.5. The van der Waals surface area contributed by atoms with Gasteiger partial charge in [0.1, 0.15) is 0 Å². The monoisotopic (exact) mass is 356 g/mol. The van der Waals surface area contributed by atoms with E-state index in [9.17, 15) is 10.2 Å². The summed E-state index contributed by atoms with van der Waals surface area (Å²) in [6.45, 7) is 9.22. The van der Waals surface area contributed by atoms with Crippen molar-refractivity contribution < 1.29 is 14.9 Å². The third-order valence-corrected chi connectivity index (χ3v) is 6.13. The van der Waals surface area contributed by atoms with Crippen LogP contribution in [0.15, 0.2) is 30.5 Å². The van der Waals surface area contributed by atoms with Gasteiger partial charge in [-0.3, -0.25) is 0 Å². The van der Waals surface area contributed by atoms with Gasteiger partial charge in [0.05, 0.1) is 16.8 Å². The summed E-state index contributed by atoms with van der Waals surface area (Å²) < 4.78 is 8.21. The lowest BCUT2D eigenvalue weighted by Gasteiger charge is -2.37. The van der Waals surface area contributed by atoms with Crippen molar-refractivity contribution in [3.63, 3.8) is 0 Å². The van der Waals surface area contributed by atoms with Crippen LogP contribution in [-0.2, 0) is 4.65 Å². The third-order valence-electron chi connectivity index (χ3n) is 6.13. The first-order chi connectivity index (χ1) is 12.0. The molecule has 26 heavy (non-hydrogen) atoms. The second-order valence-corrected chi connectivity index (χ2v) is 9.07. The van der Waals surface area contributed by atoms with Crippen LogP contribution >= 0.6 is 0 Å². The van der Waals surface area contributed by atoms with E-state index in [-0.39, 0.29) is 0 Å². The molecular formula is C21H31BNO3. The van der Waals surface area contributed by atoms with Crippen LogP contribution in [0.3, 0.4) is 0 Å². The van der Waals surface area contributed by atoms with Gasteiger partial charge in [-0.05, 0) is 77.8 Å². The summed E-state index contributed by atoms with van der Waals surface area (Å²) in [6, 6.07) is 8.89. The summed E-state index contributed by atoms with van der Waals surface area (Å²) in [5.74, 6) is 0. The lowest BCUT2D eigenvalue weighted by Crippen LogP contribution is -2.49. The molecule has 0 saturated heterocycles. The number of aliphatic hydroxyl groups is 2. The van der Waals surface area contributed by atoms with Crippen LogP contribution in [0.25, 0.3) is 10.9 Å². The molecule has 0 bridgehead atoms. The van der Waals surface area contributed by atoms with Crippen molar-refractivity contribution in [1.82, 2.24) is 4.57 Å². The smallest absolute Gasteiger partial charge is 0.330 e. The predicted molar refractivity (Wildman–Crippen MR) is 107 cm³/mol. The van der Waals surface area contributed by atoms with E-state index in [4.69, 9.17) is 4.65 Å². The zero-order valence-electron chi connectivity index (χ0n) is 16.6. The topological polar surface area (TPSA) is 54.6 Å². The zero-order valence-corrected chi connectivity index (χ0v) is 16.6. The van der Waals surface area contributed by atoms with Gasteiger partial charge < -0.3 is 19.4 Å². The normalized spacial score (nSPS) is 24.8. The largest absolute Gasteiger partial charge is 0.427 e. The van der Waals surface area contributed by atoms with Crippen LogP contribution in [0.1, 0.15) is 66.3 Å². The molecule has 1 aromatic heterocycles. The lowest BCUT2D eigenvalue weighted by atomic mass is 9.82. The number of hydrogen-bond donors (Lipinski definition) is 2. The predicted octanol–water partition coefficient (Wildman–Crippen LogP) is 3.32. The zero-order chi connectivity index (χ0) is 19.2. The van der Waals surface area contributed by atoms with Gasteiger partial charge in [0.15, 0.2) is 0 Å². The summed E-state index contributed by atoms with van der Waals surface area (Å²) in [7, 11) is 1.73. The summed E-state index contributed by atoms with van der Waals surface area (Å²) in [5, 5.41) is 21.6. The van der Waals surface area contributed by atoms with E-state index in [0.29, 0.717) is 6.04 Å². The summed E-state index contributed by atoms with van der Waals surface area (Å²) in [4.78, 5) is 0. The molecule has 1 aliphatic rings. The Balaban J connectivity index is 1.73. The lowest BCUT2D eigenvalue weighted by molar-refractivity contribution is -0.0893. The Kier molecular flexibility index (Phi) is 5.02. The molecule has 1 fully saturated rings. The van der Waals surface area contributed by atoms with Crippen molar-refractivity contribution in [2.24, 2.45) is 0 Å². The maximum absolute atomic E-state index is 10.2. The second kappa shape index (κ2) is 6.70. The Morgan fingerprint density at radius 1 is 1.15 bits per heavy atom. The SMILES string of the molecule is CC1(O)CCC(n2ccc3cc([B]OC(C)(C)C(C)(C)O)ccc32)CC1. The third kappa shape index (κ3) is 4.00. The summed E-state index contributed by atoms with van der Waals surface area (Å²) >= 11 is 0. The minimum atomic E-state index is -0.931. The Morgan fingerprint density at radius 2 is 1.81 bits per heavy atom. The molecule has 1 saturated carbocycles. The first-order valence-corrected chi connectivity index (χ1v) is 9.55. The first-order valence-electron chi connectivity index (χ1n) is 9.55. The molecule has 1 aromatic carbocycles. The maximum Gasteiger partial charge on any atom is 0.330 e. The van der Waals surface area contributed by atoms with E-state index >= 15 is 0 Å². The van der Waals surface area contributed by atoms with Crippen molar-refractivity contribution in [1.29, 1.82) is 0 Å². The van der Waals surface area contributed by atoms with E-state index in [1.165, 1.54) is 10.9 Å². The molecule has 4 nitrogen and oxygen atoms in total. The van der Waals surface area contributed by atoms with Crippen LogP contribution < -0.4 is 5.46 Å². The van der Waals surface area contributed by atoms with Crippen molar-refractivity contribution in [3.8, 4) is 0 Å². The fourth-order valence-corrected chi connectivity index (χ4v) is 3.44. The molecule has 0 unspecified atom stereocenters. The van der Waals surface area contributed by atoms with Crippen molar-refractivity contribution in [2.75, 3.05) is 0 Å². The molecule has 5 heteroatoms. The van der Waals surface area contributed by atoms with E-state index in [1.807, 2.05) is 20.8 Å². The number of hydrogen-bond acceptors (Lipinski definition) is 3. The molecule has 3 rings (SSSR count). The molecule has 141 valence electrons. The van der Waals surface area contributed by atoms with E-state index in [0.717, 1.165) is 31.1 Å². The van der Waals surface area contributed by atoms with Gasteiger partial charge in [-0.1, -0.05) is 17.6 Å². The Hall–Kier alpha value is -1.30. The van der Waals surface area contributed by atoms with Crippen LogP contribution in [0, 0.1) is 0 Å². The molecule has 0 amide bonds. The highest BCUT2D eigenvalue weighted by Gasteiger charge is 2.35. The van der Waals surface area contributed by atoms with Crippen LogP contribution in [0.2, 0.25) is 0 Å². The number of benzene rings is 1. The Labute approximate surface area is 157 Å². The van der Waals surface area contributed by atoms with Gasteiger partial charge in [-0.2, -0.15) is 0 Å². The van der Waals surface area contributed by atoms with Crippen molar-refractivity contribution >= 4 is 23.8 Å². The highest BCUT2D eigenvalue weighted by atomic mass is 16.5. The van der Waals surface area contributed by atoms with Gasteiger partial charge in [-0.25, -0.2) is 0 Å². The average molecular weight is 356 g/mol. The fraction of sp³-hybridized carbons (Fsp3) is 0.619. The average Bonchev–Trinajstić information content (AvgIpc) is 2.95. The molecule has 0 aliphatic heterocycles. The highest BCUT2D eigenvalue weighted by molar-refractivity contribution is 6.47. The summed E-state index contributed by atoms with van der Waals surface area (Å²) in [5.41, 5.74) is 0.0905. The molecule has 1 heterocycles. The van der Waals surface area contributed by atoms with Gasteiger partial charge in [-0.15, -0.1) is 0 Å². The van der Waals surface area contributed by atoms with E-state index in [1.54, 1.807) is 21.3 Å².